The molecule has 0 spiro atoms. The number of anilines is 1. The van der Waals surface area contributed by atoms with E-state index in [0.717, 1.165) is 11.8 Å². The molecule has 1 aromatic carbocycles. The van der Waals surface area contributed by atoms with Crippen LogP contribution in [0.25, 0.3) is 0 Å². The number of methoxy groups -OCH3 is 1. The third-order valence-electron chi connectivity index (χ3n) is 2.77. The highest BCUT2D eigenvalue weighted by molar-refractivity contribution is 8.00. The molecule has 0 saturated carbocycles. The number of hydrogen-bond acceptors (Lipinski definition) is 5. The molecule has 1 atom stereocenters. The van der Waals surface area contributed by atoms with Crippen molar-refractivity contribution in [2.24, 2.45) is 0 Å². The van der Waals surface area contributed by atoms with Crippen LogP contribution < -0.4 is 5.32 Å². The topological polar surface area (TPSA) is 75.6 Å². The van der Waals surface area contributed by atoms with Crippen LogP contribution in [0, 0.1) is 0 Å². The molecule has 2 N–H and O–H groups in total. The Morgan fingerprint density at radius 3 is 2.48 bits per heavy atom. The summed E-state index contributed by atoms with van der Waals surface area (Å²) in [5.41, 5.74) is -3.64. The zero-order valence-corrected chi connectivity index (χ0v) is 13.6. The van der Waals surface area contributed by atoms with Crippen LogP contribution in [0.3, 0.4) is 0 Å². The van der Waals surface area contributed by atoms with Crippen LogP contribution in [0.15, 0.2) is 23.1 Å². The van der Waals surface area contributed by atoms with E-state index in [0.29, 0.717) is 11.8 Å². The number of aliphatic hydroxyl groups is 1. The minimum absolute atomic E-state index is 0.0291. The molecule has 1 rings (SSSR count). The van der Waals surface area contributed by atoms with E-state index >= 15 is 0 Å². The quantitative estimate of drug-likeness (QED) is 0.615. The molecule has 1 amide bonds. The number of carbonyl (C=O) groups is 2. The van der Waals surface area contributed by atoms with Gasteiger partial charge in [-0.25, -0.2) is 0 Å². The van der Waals surface area contributed by atoms with Crippen molar-refractivity contribution in [1.82, 2.24) is 0 Å². The summed E-state index contributed by atoms with van der Waals surface area (Å²) in [5.74, 6) is -2.08. The molecule has 128 valence electrons. The number of alkyl halides is 3. The number of nitrogens with one attached hydrogen (secondary N) is 1. The van der Waals surface area contributed by atoms with Crippen molar-refractivity contribution in [3.05, 3.63) is 23.2 Å². The van der Waals surface area contributed by atoms with E-state index < -0.39 is 23.7 Å². The van der Waals surface area contributed by atoms with Crippen molar-refractivity contribution >= 4 is 40.9 Å². The smallest absolute Gasteiger partial charge is 0.426 e. The van der Waals surface area contributed by atoms with Gasteiger partial charge >= 0.3 is 12.1 Å². The molecule has 10 heteroatoms. The summed E-state index contributed by atoms with van der Waals surface area (Å²) in [4.78, 5) is 23.1. The fourth-order valence-electron chi connectivity index (χ4n) is 1.26. The van der Waals surface area contributed by atoms with Crippen LogP contribution in [0.2, 0.25) is 5.02 Å². The molecule has 1 aromatic rings. The van der Waals surface area contributed by atoms with Gasteiger partial charge in [-0.05, 0) is 25.1 Å². The number of carbonyl (C=O) groups excluding carboxylic acids is 2. The highest BCUT2D eigenvalue weighted by Crippen LogP contribution is 2.33. The van der Waals surface area contributed by atoms with Gasteiger partial charge in [-0.1, -0.05) is 11.6 Å². The van der Waals surface area contributed by atoms with Gasteiger partial charge in [-0.15, -0.1) is 11.8 Å². The lowest BCUT2D eigenvalue weighted by Crippen LogP contribution is -2.52. The first-order valence-electron chi connectivity index (χ1n) is 6.08. The van der Waals surface area contributed by atoms with E-state index in [1.165, 1.54) is 25.3 Å². The molecule has 23 heavy (non-hydrogen) atoms. The minimum Gasteiger partial charge on any atom is -0.468 e. The molecule has 0 aliphatic carbocycles. The van der Waals surface area contributed by atoms with Crippen molar-refractivity contribution in [1.29, 1.82) is 0 Å². The van der Waals surface area contributed by atoms with E-state index in [-0.39, 0.29) is 16.5 Å². The predicted molar refractivity (Wildman–Crippen MR) is 79.5 cm³/mol. The van der Waals surface area contributed by atoms with E-state index in [9.17, 15) is 27.9 Å². The molecule has 0 aliphatic heterocycles. The van der Waals surface area contributed by atoms with E-state index in [1.54, 1.807) is 0 Å². The van der Waals surface area contributed by atoms with Crippen LogP contribution in [0.1, 0.15) is 6.92 Å². The summed E-state index contributed by atoms with van der Waals surface area (Å²) in [6, 6.07) is 4.09. The maximum absolute atomic E-state index is 12.6. The monoisotopic (exact) mass is 371 g/mol. The van der Waals surface area contributed by atoms with E-state index in [2.05, 4.69) is 4.74 Å². The zero-order valence-electron chi connectivity index (χ0n) is 12.0. The Bertz CT molecular complexity index is 607. The molecule has 0 aromatic heterocycles. The molecule has 0 heterocycles. The van der Waals surface area contributed by atoms with Crippen LogP contribution in [-0.4, -0.2) is 41.6 Å². The SMILES string of the molecule is COC(=O)CSc1ccc(NC(=O)C(C)(O)C(F)(F)F)c(Cl)c1. The Kier molecular flexibility index (Phi) is 6.32. The van der Waals surface area contributed by atoms with Gasteiger partial charge < -0.3 is 15.2 Å². The number of esters is 1. The Balaban J connectivity index is 2.83. The fraction of sp³-hybridized carbons (Fsp3) is 0.385. The van der Waals surface area contributed by atoms with Gasteiger partial charge in [0.1, 0.15) is 0 Å². The van der Waals surface area contributed by atoms with Gasteiger partial charge in [-0.2, -0.15) is 13.2 Å². The maximum Gasteiger partial charge on any atom is 0.426 e. The van der Waals surface area contributed by atoms with Gasteiger partial charge in [0.2, 0.25) is 5.60 Å². The lowest BCUT2D eigenvalue weighted by Gasteiger charge is -2.25. The largest absolute Gasteiger partial charge is 0.468 e. The van der Waals surface area contributed by atoms with Crippen molar-refractivity contribution in [3.63, 3.8) is 0 Å². The highest BCUT2D eigenvalue weighted by Gasteiger charge is 2.55. The first-order valence-corrected chi connectivity index (χ1v) is 7.45. The molecule has 0 saturated heterocycles. The Hall–Kier alpha value is -1.45. The minimum atomic E-state index is -5.13. The first-order chi connectivity index (χ1) is 10.5. The molecular weight excluding hydrogens is 359 g/mol. The number of hydrogen-bond donors (Lipinski definition) is 2. The van der Waals surface area contributed by atoms with Crippen molar-refractivity contribution in [3.8, 4) is 0 Å². The van der Waals surface area contributed by atoms with Gasteiger partial charge in [-0.3, -0.25) is 9.59 Å². The van der Waals surface area contributed by atoms with Crippen LogP contribution in [-0.2, 0) is 14.3 Å². The van der Waals surface area contributed by atoms with Crippen LogP contribution >= 0.6 is 23.4 Å². The van der Waals surface area contributed by atoms with Gasteiger partial charge in [0.15, 0.2) is 0 Å². The number of thioether (sulfide) groups is 1. The van der Waals surface area contributed by atoms with Crippen LogP contribution in [0.5, 0.6) is 0 Å². The van der Waals surface area contributed by atoms with E-state index in [1.807, 2.05) is 5.32 Å². The predicted octanol–water partition coefficient (Wildman–Crippen LogP) is 2.86. The average Bonchev–Trinajstić information content (AvgIpc) is 2.45. The number of ether oxygens (including phenoxy) is 1. The second-order valence-corrected chi connectivity index (χ2v) is 5.99. The lowest BCUT2D eigenvalue weighted by molar-refractivity contribution is -0.242. The summed E-state index contributed by atoms with van der Waals surface area (Å²) in [6.45, 7) is 0.344. The Morgan fingerprint density at radius 2 is 2.00 bits per heavy atom. The standard InChI is InChI=1S/C13H13ClF3NO4S/c1-12(21,13(15,16)17)11(20)18-9-4-3-7(5-8(9)14)23-6-10(19)22-2/h3-5,21H,6H2,1-2H3,(H,18,20). The van der Waals surface area contributed by atoms with Crippen LogP contribution in [0.4, 0.5) is 18.9 Å². The molecule has 0 bridgehead atoms. The summed E-state index contributed by atoms with van der Waals surface area (Å²) in [7, 11) is 1.24. The van der Waals surface area contributed by atoms with Crippen molar-refractivity contribution in [2.75, 3.05) is 18.2 Å². The Labute approximate surface area is 139 Å². The molecule has 0 aliphatic rings. The zero-order chi connectivity index (χ0) is 17.8. The second-order valence-electron chi connectivity index (χ2n) is 4.53. The highest BCUT2D eigenvalue weighted by atomic mass is 35.5. The fourth-order valence-corrected chi connectivity index (χ4v) is 2.32. The molecule has 5 nitrogen and oxygen atoms in total. The number of amides is 1. The summed E-state index contributed by atoms with van der Waals surface area (Å²) in [5, 5.41) is 11.1. The lowest BCUT2D eigenvalue weighted by atomic mass is 10.1. The van der Waals surface area contributed by atoms with Gasteiger partial charge in [0, 0.05) is 4.90 Å². The third kappa shape index (κ3) is 5.02. The average molecular weight is 372 g/mol. The van der Waals surface area contributed by atoms with Crippen molar-refractivity contribution < 1.29 is 32.6 Å². The molecule has 0 radical (unpaired) electrons. The van der Waals surface area contributed by atoms with Gasteiger partial charge in [0.25, 0.3) is 5.91 Å². The summed E-state index contributed by atoms with van der Waals surface area (Å²) in [6.07, 6.45) is -5.13. The van der Waals surface area contributed by atoms with Gasteiger partial charge in [0.05, 0.1) is 23.6 Å². The second kappa shape index (κ2) is 7.41. The number of benzene rings is 1. The van der Waals surface area contributed by atoms with E-state index in [4.69, 9.17) is 11.6 Å². The van der Waals surface area contributed by atoms with Crippen molar-refractivity contribution in [2.45, 2.75) is 23.6 Å². The first kappa shape index (κ1) is 19.6. The third-order valence-corrected chi connectivity index (χ3v) is 4.05. The molecular formula is C13H13ClF3NO4S. The number of halogens is 4. The number of rotatable bonds is 5. The normalized spacial score (nSPS) is 14.0. The maximum atomic E-state index is 12.6. The summed E-state index contributed by atoms with van der Waals surface area (Å²) < 4.78 is 42.2. The summed E-state index contributed by atoms with van der Waals surface area (Å²) >= 11 is 6.98. The molecule has 1 unspecified atom stereocenters. The molecule has 0 fully saturated rings. The Morgan fingerprint density at radius 1 is 1.39 bits per heavy atom.